The molecular formula is C15H12ClNO3S. The zero-order chi connectivity index (χ0) is 15.0. The monoisotopic (exact) mass is 321 g/mol. The molecule has 0 aromatic heterocycles. The van der Waals surface area contributed by atoms with Crippen LogP contribution in [0.5, 0.6) is 0 Å². The molecule has 0 radical (unpaired) electrons. The molecule has 0 aliphatic carbocycles. The number of carbonyl (C=O) groups excluding carboxylic acids is 1. The molecule has 0 unspecified atom stereocenters. The zero-order valence-corrected chi connectivity index (χ0v) is 12.6. The highest BCUT2D eigenvalue weighted by atomic mass is 35.7. The van der Waals surface area contributed by atoms with Crippen LogP contribution in [0.15, 0.2) is 53.4 Å². The Balaban J connectivity index is 1.90. The van der Waals surface area contributed by atoms with E-state index in [1.165, 1.54) is 24.3 Å². The third kappa shape index (κ3) is 2.66. The molecule has 21 heavy (non-hydrogen) atoms. The quantitative estimate of drug-likeness (QED) is 0.799. The van der Waals surface area contributed by atoms with Crippen LogP contribution in [-0.2, 0) is 15.5 Å². The standard InChI is InChI=1S/C15H12ClNO3S/c16-21(19,20)13-7-5-12(6-8-13)15(18)17-10-9-11-3-1-2-4-14(11)17/h1-8H,9-10H2. The number of amides is 1. The summed E-state index contributed by atoms with van der Waals surface area (Å²) in [5.74, 6) is -0.140. The predicted molar refractivity (Wildman–Crippen MR) is 81.3 cm³/mol. The van der Waals surface area contributed by atoms with Gasteiger partial charge in [0.1, 0.15) is 0 Å². The van der Waals surface area contributed by atoms with Crippen LogP contribution in [0, 0.1) is 0 Å². The number of rotatable bonds is 2. The molecule has 0 N–H and O–H groups in total. The first-order valence-corrected chi connectivity index (χ1v) is 8.72. The van der Waals surface area contributed by atoms with Crippen molar-refractivity contribution in [3.8, 4) is 0 Å². The highest BCUT2D eigenvalue weighted by molar-refractivity contribution is 8.13. The van der Waals surface area contributed by atoms with E-state index in [-0.39, 0.29) is 10.8 Å². The average Bonchev–Trinajstić information content (AvgIpc) is 2.90. The highest BCUT2D eigenvalue weighted by Crippen LogP contribution is 2.29. The number of benzene rings is 2. The summed E-state index contributed by atoms with van der Waals surface area (Å²) in [6.07, 6.45) is 0.829. The summed E-state index contributed by atoms with van der Waals surface area (Å²) < 4.78 is 22.4. The maximum Gasteiger partial charge on any atom is 0.261 e. The van der Waals surface area contributed by atoms with E-state index in [2.05, 4.69) is 0 Å². The molecule has 2 aromatic carbocycles. The van der Waals surface area contributed by atoms with Gasteiger partial charge in [-0.15, -0.1) is 0 Å². The Morgan fingerprint density at radius 3 is 2.38 bits per heavy atom. The fourth-order valence-corrected chi connectivity index (χ4v) is 3.23. The minimum atomic E-state index is -3.77. The molecule has 6 heteroatoms. The highest BCUT2D eigenvalue weighted by Gasteiger charge is 2.25. The molecule has 3 rings (SSSR count). The second-order valence-electron chi connectivity index (χ2n) is 4.80. The van der Waals surface area contributed by atoms with Gasteiger partial charge in [-0.05, 0) is 42.3 Å². The molecule has 0 atom stereocenters. The summed E-state index contributed by atoms with van der Waals surface area (Å²) in [5.41, 5.74) is 2.50. The number of halogens is 1. The van der Waals surface area contributed by atoms with E-state index in [1.807, 2.05) is 24.3 Å². The Labute approximate surface area is 127 Å². The van der Waals surface area contributed by atoms with Gasteiger partial charge in [0.15, 0.2) is 0 Å². The van der Waals surface area contributed by atoms with Crippen molar-refractivity contribution in [3.05, 3.63) is 59.7 Å². The number of hydrogen-bond acceptors (Lipinski definition) is 3. The van der Waals surface area contributed by atoms with Crippen LogP contribution in [0.3, 0.4) is 0 Å². The van der Waals surface area contributed by atoms with Gasteiger partial charge in [0, 0.05) is 28.5 Å². The lowest BCUT2D eigenvalue weighted by atomic mass is 10.1. The van der Waals surface area contributed by atoms with Crippen LogP contribution in [0.2, 0.25) is 0 Å². The summed E-state index contributed by atoms with van der Waals surface area (Å²) in [6.45, 7) is 0.633. The Hall–Kier alpha value is -1.85. The molecule has 1 heterocycles. The largest absolute Gasteiger partial charge is 0.308 e. The summed E-state index contributed by atoms with van der Waals surface area (Å²) in [6, 6.07) is 13.4. The van der Waals surface area contributed by atoms with Crippen molar-refractivity contribution < 1.29 is 13.2 Å². The van der Waals surface area contributed by atoms with Crippen molar-refractivity contribution in [2.24, 2.45) is 0 Å². The second-order valence-corrected chi connectivity index (χ2v) is 7.36. The maximum absolute atomic E-state index is 12.5. The Kier molecular flexibility index (Phi) is 3.47. The maximum atomic E-state index is 12.5. The molecule has 0 saturated heterocycles. The van der Waals surface area contributed by atoms with Crippen molar-refractivity contribution >= 4 is 31.3 Å². The van der Waals surface area contributed by atoms with Crippen LogP contribution < -0.4 is 4.90 Å². The zero-order valence-electron chi connectivity index (χ0n) is 11.0. The van der Waals surface area contributed by atoms with Gasteiger partial charge in [-0.2, -0.15) is 0 Å². The summed E-state index contributed by atoms with van der Waals surface area (Å²) in [4.78, 5) is 14.2. The van der Waals surface area contributed by atoms with Gasteiger partial charge in [-0.1, -0.05) is 18.2 Å². The molecule has 1 aliphatic heterocycles. The van der Waals surface area contributed by atoms with E-state index >= 15 is 0 Å². The first-order chi connectivity index (χ1) is 9.97. The van der Waals surface area contributed by atoms with E-state index in [0.717, 1.165) is 17.7 Å². The van der Waals surface area contributed by atoms with Crippen LogP contribution >= 0.6 is 10.7 Å². The lowest BCUT2D eigenvalue weighted by Gasteiger charge is -2.17. The number of nitrogens with zero attached hydrogens (tertiary/aromatic N) is 1. The fraction of sp³-hybridized carbons (Fsp3) is 0.133. The number of anilines is 1. The van der Waals surface area contributed by atoms with Crippen LogP contribution in [0.4, 0.5) is 5.69 Å². The summed E-state index contributed by atoms with van der Waals surface area (Å²) in [5, 5.41) is 0. The van der Waals surface area contributed by atoms with Gasteiger partial charge in [0.05, 0.1) is 4.90 Å². The minimum absolute atomic E-state index is 0.0115. The van der Waals surface area contributed by atoms with Gasteiger partial charge in [-0.25, -0.2) is 8.42 Å². The van der Waals surface area contributed by atoms with Crippen molar-refractivity contribution in [1.29, 1.82) is 0 Å². The predicted octanol–water partition coefficient (Wildman–Crippen LogP) is 2.82. The van der Waals surface area contributed by atoms with Crippen molar-refractivity contribution in [2.75, 3.05) is 11.4 Å². The normalized spacial score (nSPS) is 14.0. The van der Waals surface area contributed by atoms with Gasteiger partial charge in [0.25, 0.3) is 15.0 Å². The van der Waals surface area contributed by atoms with E-state index in [4.69, 9.17) is 10.7 Å². The Bertz CT molecular complexity index is 800. The smallest absolute Gasteiger partial charge is 0.261 e. The van der Waals surface area contributed by atoms with Crippen LogP contribution in [0.25, 0.3) is 0 Å². The summed E-state index contributed by atoms with van der Waals surface area (Å²) in [7, 11) is 1.50. The van der Waals surface area contributed by atoms with Crippen molar-refractivity contribution in [1.82, 2.24) is 0 Å². The van der Waals surface area contributed by atoms with E-state index in [1.54, 1.807) is 4.90 Å². The lowest BCUT2D eigenvalue weighted by Crippen LogP contribution is -2.28. The SMILES string of the molecule is O=C(c1ccc(S(=O)(=O)Cl)cc1)N1CCc2ccccc21. The number of para-hydroxylation sites is 1. The fourth-order valence-electron chi connectivity index (χ4n) is 2.47. The van der Waals surface area contributed by atoms with Gasteiger partial charge in [0.2, 0.25) is 0 Å². The third-order valence-corrected chi connectivity index (χ3v) is 4.88. The van der Waals surface area contributed by atoms with E-state index in [0.29, 0.717) is 12.1 Å². The van der Waals surface area contributed by atoms with Crippen LogP contribution in [0.1, 0.15) is 15.9 Å². The number of hydrogen-bond donors (Lipinski definition) is 0. The van der Waals surface area contributed by atoms with Crippen LogP contribution in [-0.4, -0.2) is 20.9 Å². The molecule has 108 valence electrons. The van der Waals surface area contributed by atoms with Crippen molar-refractivity contribution in [3.63, 3.8) is 0 Å². The number of carbonyl (C=O) groups is 1. The average molecular weight is 322 g/mol. The van der Waals surface area contributed by atoms with Gasteiger partial charge < -0.3 is 4.90 Å². The topological polar surface area (TPSA) is 54.5 Å². The third-order valence-electron chi connectivity index (χ3n) is 3.52. The molecule has 1 amide bonds. The molecule has 0 spiro atoms. The first kappa shape index (κ1) is 14.1. The number of fused-ring (bicyclic) bond motifs is 1. The van der Waals surface area contributed by atoms with Gasteiger partial charge >= 0.3 is 0 Å². The minimum Gasteiger partial charge on any atom is -0.308 e. The first-order valence-electron chi connectivity index (χ1n) is 6.41. The molecule has 0 fully saturated rings. The van der Waals surface area contributed by atoms with E-state index < -0.39 is 9.05 Å². The summed E-state index contributed by atoms with van der Waals surface area (Å²) >= 11 is 0. The molecular weight excluding hydrogens is 310 g/mol. The van der Waals surface area contributed by atoms with Gasteiger partial charge in [-0.3, -0.25) is 4.79 Å². The molecule has 4 nitrogen and oxygen atoms in total. The molecule has 1 aliphatic rings. The van der Waals surface area contributed by atoms with E-state index in [9.17, 15) is 13.2 Å². The molecule has 2 aromatic rings. The Morgan fingerprint density at radius 2 is 1.71 bits per heavy atom. The lowest BCUT2D eigenvalue weighted by molar-refractivity contribution is 0.0989. The van der Waals surface area contributed by atoms with Crippen molar-refractivity contribution in [2.45, 2.75) is 11.3 Å². The Morgan fingerprint density at radius 1 is 1.05 bits per heavy atom. The molecule has 0 bridgehead atoms. The molecule has 0 saturated carbocycles. The second kappa shape index (κ2) is 5.16.